The van der Waals surface area contributed by atoms with Crippen LogP contribution in [0.25, 0.3) is 0 Å². The molecule has 0 amide bonds. The molecule has 0 spiro atoms. The molecule has 3 heteroatoms. The molecule has 1 rings (SSSR count). The van der Waals surface area contributed by atoms with Crippen LogP contribution in [0.2, 0.25) is 14.8 Å². The van der Waals surface area contributed by atoms with Gasteiger partial charge in [-0.05, 0) is 0 Å². The molecule has 13 heavy (non-hydrogen) atoms. The number of pyridine rings is 1. The zero-order valence-electron chi connectivity index (χ0n) is 9.13. The average molecular weight is 285 g/mol. The molecule has 0 aromatic carbocycles. The van der Waals surface area contributed by atoms with Gasteiger partial charge < -0.3 is 0 Å². The Labute approximate surface area is 84.9 Å². The molecule has 0 saturated carbocycles. The molecule has 0 aliphatic carbocycles. The van der Waals surface area contributed by atoms with Gasteiger partial charge >= 0.3 is 84.9 Å². The van der Waals surface area contributed by atoms with Crippen LogP contribution in [0.4, 0.5) is 5.69 Å². The van der Waals surface area contributed by atoms with Crippen molar-refractivity contribution in [1.29, 1.82) is 0 Å². The molecular weight excluding hydrogens is 267 g/mol. The van der Waals surface area contributed by atoms with Gasteiger partial charge in [-0.15, -0.1) is 0 Å². The fourth-order valence-electron chi connectivity index (χ4n) is 1.11. The Balaban J connectivity index is 3.06. The molecule has 0 aliphatic rings. The molecule has 1 aromatic rings. The van der Waals surface area contributed by atoms with E-state index < -0.39 is 18.4 Å². The first-order valence-corrected chi connectivity index (χ1v) is 14.5. The van der Waals surface area contributed by atoms with Crippen LogP contribution in [0.1, 0.15) is 0 Å². The third-order valence-electron chi connectivity index (χ3n) is 2.03. The van der Waals surface area contributed by atoms with E-state index in [1.165, 1.54) is 9.40 Å². The Kier molecular flexibility index (Phi) is 3.22. The molecule has 0 radical (unpaired) electrons. The summed E-state index contributed by atoms with van der Waals surface area (Å²) in [6.45, 7) is 0. The second-order valence-corrected chi connectivity index (χ2v) is 18.8. The molecule has 0 unspecified atom stereocenters. The molecule has 0 fully saturated rings. The molecule has 0 atom stereocenters. The van der Waals surface area contributed by atoms with Crippen molar-refractivity contribution in [2.45, 2.75) is 14.8 Å². The average Bonchev–Trinajstić information content (AvgIpc) is 2.03. The van der Waals surface area contributed by atoms with Crippen molar-refractivity contribution in [3.05, 3.63) is 18.3 Å². The Morgan fingerprint density at radius 1 is 1.23 bits per heavy atom. The third-order valence-corrected chi connectivity index (χ3v) is 7.20. The Bertz CT molecular complexity index is 289. The summed E-state index contributed by atoms with van der Waals surface area (Å²) in [6.07, 6.45) is 1.92. The van der Waals surface area contributed by atoms with Crippen molar-refractivity contribution in [3.63, 3.8) is 0 Å². The van der Waals surface area contributed by atoms with E-state index >= 15 is 0 Å². The van der Waals surface area contributed by atoms with Crippen molar-refractivity contribution in [2.75, 3.05) is 19.0 Å². The van der Waals surface area contributed by atoms with Crippen molar-refractivity contribution in [2.24, 2.45) is 0 Å². The van der Waals surface area contributed by atoms with Crippen LogP contribution in [0.5, 0.6) is 0 Å². The van der Waals surface area contributed by atoms with Crippen LogP contribution in [0, 0.1) is 0 Å². The second kappa shape index (κ2) is 3.86. The molecule has 0 bridgehead atoms. The Morgan fingerprint density at radius 2 is 1.85 bits per heavy atom. The quantitative estimate of drug-likeness (QED) is 0.769. The van der Waals surface area contributed by atoms with Crippen LogP contribution < -0.4 is 8.61 Å². The van der Waals surface area contributed by atoms with Gasteiger partial charge in [0.2, 0.25) is 0 Å². The van der Waals surface area contributed by atoms with E-state index in [0.717, 1.165) is 0 Å². The van der Waals surface area contributed by atoms with E-state index in [-0.39, 0.29) is 0 Å². The Morgan fingerprint density at radius 3 is 2.31 bits per heavy atom. The van der Waals surface area contributed by atoms with Crippen molar-refractivity contribution < 1.29 is 0 Å². The van der Waals surface area contributed by atoms with Crippen molar-refractivity contribution in [3.8, 4) is 0 Å². The van der Waals surface area contributed by atoms with E-state index in [9.17, 15) is 0 Å². The molecule has 0 aliphatic heterocycles. The summed E-state index contributed by atoms with van der Waals surface area (Å²) in [5, 5.41) is 0. The maximum absolute atomic E-state index is 4.46. The monoisotopic (exact) mass is 286 g/mol. The zero-order valence-corrected chi connectivity index (χ0v) is 12.0. The standard InChI is InChI=1S/C7H9N2.3CH3.Sn/c1-9(2)7-3-5-8-6-4-7;;;;/h3-5H,1-2H3;3*1H3;. The summed E-state index contributed by atoms with van der Waals surface area (Å²) in [6, 6.07) is 4.29. The van der Waals surface area contributed by atoms with Crippen LogP contribution >= 0.6 is 0 Å². The van der Waals surface area contributed by atoms with Gasteiger partial charge in [-0.1, -0.05) is 0 Å². The van der Waals surface area contributed by atoms with Crippen LogP contribution in [0.3, 0.4) is 0 Å². The van der Waals surface area contributed by atoms with Gasteiger partial charge in [0.15, 0.2) is 0 Å². The van der Waals surface area contributed by atoms with E-state index in [2.05, 4.69) is 50.9 Å². The van der Waals surface area contributed by atoms with Crippen molar-refractivity contribution >= 4 is 27.8 Å². The normalized spacial score (nSPS) is 11.5. The first-order valence-electron chi connectivity index (χ1n) is 4.55. The number of nitrogens with zero attached hydrogens (tertiary/aromatic N) is 2. The van der Waals surface area contributed by atoms with Gasteiger partial charge in [0, 0.05) is 0 Å². The number of aromatic nitrogens is 1. The summed E-state index contributed by atoms with van der Waals surface area (Å²) in [4.78, 5) is 13.7. The molecule has 0 N–H and O–H groups in total. The minimum atomic E-state index is -1.95. The number of hydrogen-bond donors (Lipinski definition) is 0. The third kappa shape index (κ3) is 2.86. The molecule has 1 heterocycles. The Hall–Kier alpha value is -0.251. The zero-order chi connectivity index (χ0) is 10.1. The van der Waals surface area contributed by atoms with E-state index in [4.69, 9.17) is 0 Å². The van der Waals surface area contributed by atoms with Gasteiger partial charge in [-0.2, -0.15) is 0 Å². The SMILES string of the molecule is CN(C)c1ccn[c]([Sn]([CH3])([CH3])[CH3])c1. The first kappa shape index (κ1) is 10.8. The topological polar surface area (TPSA) is 16.1 Å². The van der Waals surface area contributed by atoms with Crippen LogP contribution in [-0.4, -0.2) is 37.5 Å². The predicted molar refractivity (Wildman–Crippen MR) is 61.5 cm³/mol. The maximum atomic E-state index is 4.46. The summed E-state index contributed by atoms with van der Waals surface area (Å²) in [7, 11) is 4.13. The molecule has 0 saturated heterocycles. The fourth-order valence-corrected chi connectivity index (χ4v) is 4.08. The molecule has 72 valence electrons. The minimum absolute atomic E-state index is 1.26. The van der Waals surface area contributed by atoms with Gasteiger partial charge in [-0.3, -0.25) is 0 Å². The van der Waals surface area contributed by atoms with Crippen molar-refractivity contribution in [1.82, 2.24) is 4.98 Å². The molecule has 2 nitrogen and oxygen atoms in total. The number of anilines is 1. The van der Waals surface area contributed by atoms with Crippen LogP contribution in [0.15, 0.2) is 18.3 Å². The summed E-state index contributed by atoms with van der Waals surface area (Å²) in [5.74, 6) is 0. The van der Waals surface area contributed by atoms with E-state index in [1.54, 1.807) is 0 Å². The van der Waals surface area contributed by atoms with Gasteiger partial charge in [0.25, 0.3) is 0 Å². The number of hydrogen-bond acceptors (Lipinski definition) is 2. The van der Waals surface area contributed by atoms with Gasteiger partial charge in [0.05, 0.1) is 0 Å². The fraction of sp³-hybridized carbons (Fsp3) is 0.500. The van der Waals surface area contributed by atoms with Gasteiger partial charge in [0.1, 0.15) is 0 Å². The van der Waals surface area contributed by atoms with Gasteiger partial charge in [-0.25, -0.2) is 0 Å². The molecular formula is C10H18N2Sn. The second-order valence-electron chi connectivity index (χ2n) is 4.54. The summed E-state index contributed by atoms with van der Waals surface area (Å²) >= 11 is -1.95. The predicted octanol–water partition coefficient (Wildman–Crippen LogP) is 1.69. The first-order chi connectivity index (χ1) is 5.91. The summed E-state index contributed by atoms with van der Waals surface area (Å²) in [5.41, 5.74) is 1.26. The van der Waals surface area contributed by atoms with E-state index in [0.29, 0.717) is 0 Å². The van der Waals surface area contributed by atoms with Crippen LogP contribution in [-0.2, 0) is 0 Å². The molecule has 1 aromatic heterocycles. The summed E-state index contributed by atoms with van der Waals surface area (Å²) < 4.78 is 1.35. The number of rotatable bonds is 2. The van der Waals surface area contributed by atoms with E-state index in [1.807, 2.05) is 6.20 Å².